The first-order chi connectivity index (χ1) is 10.5. The second kappa shape index (κ2) is 5.73. The molecule has 0 unspecified atom stereocenters. The highest BCUT2D eigenvalue weighted by Gasteiger charge is 2.27. The van der Waals surface area contributed by atoms with Crippen LogP contribution in [-0.4, -0.2) is 37.7 Å². The van der Waals surface area contributed by atoms with Crippen molar-refractivity contribution in [3.63, 3.8) is 0 Å². The number of halogens is 1. The van der Waals surface area contributed by atoms with Gasteiger partial charge in [0, 0.05) is 20.1 Å². The number of aromatic nitrogens is 2. The predicted octanol–water partition coefficient (Wildman–Crippen LogP) is 1.97. The van der Waals surface area contributed by atoms with Crippen molar-refractivity contribution >= 4 is 32.9 Å². The Bertz CT molecular complexity index is 810. The van der Waals surface area contributed by atoms with E-state index in [-0.39, 0.29) is 5.75 Å². The standard InChI is InChI=1S/C14H15ClN4O2S/c1-16-12-13(15)17-9-18-14(12)19-6-7-22(20,21)11-5-3-2-4-10(11)8-19/h2-5,9,16H,6-8H2,1H3. The zero-order valence-electron chi connectivity index (χ0n) is 12.0. The summed E-state index contributed by atoms with van der Waals surface area (Å²) in [6.45, 7) is 0.802. The molecule has 0 radical (unpaired) electrons. The predicted molar refractivity (Wildman–Crippen MR) is 86.1 cm³/mol. The van der Waals surface area contributed by atoms with Gasteiger partial charge in [0.05, 0.1) is 10.6 Å². The lowest BCUT2D eigenvalue weighted by Gasteiger charge is -2.23. The molecule has 6 nitrogen and oxygen atoms in total. The molecule has 1 aromatic carbocycles. The molecule has 0 saturated heterocycles. The molecule has 22 heavy (non-hydrogen) atoms. The quantitative estimate of drug-likeness (QED) is 0.844. The molecule has 0 fully saturated rings. The Hall–Kier alpha value is -1.86. The van der Waals surface area contributed by atoms with Crippen molar-refractivity contribution in [1.82, 2.24) is 9.97 Å². The van der Waals surface area contributed by atoms with E-state index in [2.05, 4.69) is 15.3 Å². The molecular formula is C14H15ClN4O2S. The van der Waals surface area contributed by atoms with Crippen LogP contribution in [0.25, 0.3) is 0 Å². The minimum Gasteiger partial charge on any atom is -0.383 e. The number of sulfone groups is 1. The average Bonchev–Trinajstić information content (AvgIpc) is 2.64. The highest BCUT2D eigenvalue weighted by Crippen LogP contribution is 2.32. The van der Waals surface area contributed by atoms with Crippen LogP contribution < -0.4 is 10.2 Å². The lowest BCUT2D eigenvalue weighted by Crippen LogP contribution is -2.27. The van der Waals surface area contributed by atoms with Crippen LogP contribution in [0.15, 0.2) is 35.5 Å². The van der Waals surface area contributed by atoms with E-state index < -0.39 is 9.84 Å². The van der Waals surface area contributed by atoms with Gasteiger partial charge >= 0.3 is 0 Å². The molecule has 2 aromatic rings. The molecule has 1 aromatic heterocycles. The number of hydrogen-bond acceptors (Lipinski definition) is 6. The van der Waals surface area contributed by atoms with Gasteiger partial charge in [-0.05, 0) is 11.6 Å². The molecule has 1 aliphatic heterocycles. The maximum absolute atomic E-state index is 12.4. The molecule has 0 bridgehead atoms. The first-order valence-corrected chi connectivity index (χ1v) is 8.80. The molecule has 0 amide bonds. The van der Waals surface area contributed by atoms with E-state index in [1.165, 1.54) is 6.33 Å². The van der Waals surface area contributed by atoms with Crippen LogP contribution in [0, 0.1) is 0 Å². The molecule has 3 rings (SSSR count). The number of fused-ring (bicyclic) bond motifs is 1. The summed E-state index contributed by atoms with van der Waals surface area (Å²) in [6, 6.07) is 7.06. The van der Waals surface area contributed by atoms with E-state index in [1.807, 2.05) is 17.0 Å². The van der Waals surface area contributed by atoms with Gasteiger partial charge in [-0.25, -0.2) is 18.4 Å². The van der Waals surface area contributed by atoms with Crippen molar-refractivity contribution in [3.05, 3.63) is 41.3 Å². The van der Waals surface area contributed by atoms with Gasteiger partial charge in [-0.2, -0.15) is 0 Å². The fourth-order valence-electron chi connectivity index (χ4n) is 2.55. The second-order valence-corrected chi connectivity index (χ2v) is 7.40. The van der Waals surface area contributed by atoms with E-state index in [1.54, 1.807) is 19.2 Å². The molecule has 0 spiro atoms. The van der Waals surface area contributed by atoms with Gasteiger partial charge in [0.1, 0.15) is 12.0 Å². The Labute approximate surface area is 134 Å². The lowest BCUT2D eigenvalue weighted by molar-refractivity contribution is 0.596. The smallest absolute Gasteiger partial charge is 0.180 e. The third kappa shape index (κ3) is 2.62. The number of hydrogen-bond donors (Lipinski definition) is 1. The van der Waals surface area contributed by atoms with Crippen LogP contribution in [0.2, 0.25) is 5.15 Å². The monoisotopic (exact) mass is 338 g/mol. The molecule has 1 aliphatic rings. The molecular weight excluding hydrogens is 324 g/mol. The Morgan fingerprint density at radius 1 is 1.27 bits per heavy atom. The maximum atomic E-state index is 12.4. The Kier molecular flexibility index (Phi) is 3.92. The molecule has 0 aliphatic carbocycles. The topological polar surface area (TPSA) is 75.2 Å². The van der Waals surface area contributed by atoms with Gasteiger partial charge in [0.15, 0.2) is 20.8 Å². The zero-order valence-corrected chi connectivity index (χ0v) is 13.5. The van der Waals surface area contributed by atoms with Gasteiger partial charge in [-0.15, -0.1) is 0 Å². The van der Waals surface area contributed by atoms with Crippen molar-refractivity contribution in [1.29, 1.82) is 0 Å². The fraction of sp³-hybridized carbons (Fsp3) is 0.286. The minimum atomic E-state index is -3.29. The molecule has 116 valence electrons. The van der Waals surface area contributed by atoms with E-state index in [9.17, 15) is 8.42 Å². The highest BCUT2D eigenvalue weighted by atomic mass is 35.5. The first-order valence-electron chi connectivity index (χ1n) is 6.77. The van der Waals surface area contributed by atoms with Crippen molar-refractivity contribution < 1.29 is 8.42 Å². The Morgan fingerprint density at radius 3 is 2.82 bits per heavy atom. The number of benzene rings is 1. The first kappa shape index (κ1) is 15.1. The van der Waals surface area contributed by atoms with E-state index >= 15 is 0 Å². The SMILES string of the molecule is CNc1c(Cl)ncnc1N1CCS(=O)(=O)c2ccccc2C1. The van der Waals surface area contributed by atoms with Crippen LogP contribution in [-0.2, 0) is 16.4 Å². The zero-order chi connectivity index (χ0) is 15.7. The van der Waals surface area contributed by atoms with Crippen molar-refractivity contribution in [3.8, 4) is 0 Å². The third-order valence-electron chi connectivity index (χ3n) is 3.63. The summed E-state index contributed by atoms with van der Waals surface area (Å²) >= 11 is 6.09. The van der Waals surface area contributed by atoms with Crippen LogP contribution >= 0.6 is 11.6 Å². The van der Waals surface area contributed by atoms with Crippen molar-refractivity contribution in [2.75, 3.05) is 29.6 Å². The van der Waals surface area contributed by atoms with Gasteiger partial charge in [0.25, 0.3) is 0 Å². The number of anilines is 2. The fourth-order valence-corrected chi connectivity index (χ4v) is 4.28. The van der Waals surface area contributed by atoms with Crippen LogP contribution in [0.3, 0.4) is 0 Å². The highest BCUT2D eigenvalue weighted by molar-refractivity contribution is 7.91. The van der Waals surface area contributed by atoms with Gasteiger partial charge in [-0.3, -0.25) is 0 Å². The summed E-state index contributed by atoms with van der Waals surface area (Å²) in [6.07, 6.45) is 1.38. The number of nitrogens with zero attached hydrogens (tertiary/aromatic N) is 3. The lowest BCUT2D eigenvalue weighted by atomic mass is 10.2. The maximum Gasteiger partial charge on any atom is 0.180 e. The summed E-state index contributed by atoms with van der Waals surface area (Å²) in [5.74, 6) is 0.642. The van der Waals surface area contributed by atoms with Crippen LogP contribution in [0.1, 0.15) is 5.56 Å². The molecule has 0 saturated carbocycles. The van der Waals surface area contributed by atoms with Gasteiger partial charge in [0.2, 0.25) is 0 Å². The van der Waals surface area contributed by atoms with Gasteiger partial charge in [-0.1, -0.05) is 29.8 Å². The summed E-state index contributed by atoms with van der Waals surface area (Å²) in [5, 5.41) is 3.29. The Morgan fingerprint density at radius 2 is 2.05 bits per heavy atom. The van der Waals surface area contributed by atoms with Crippen LogP contribution in [0.4, 0.5) is 11.5 Å². The molecule has 0 atom stereocenters. The van der Waals surface area contributed by atoms with E-state index in [4.69, 9.17) is 11.6 Å². The van der Waals surface area contributed by atoms with E-state index in [0.717, 1.165) is 5.56 Å². The number of rotatable bonds is 2. The Balaban J connectivity index is 2.08. The average molecular weight is 339 g/mol. The normalized spacial score (nSPS) is 16.7. The van der Waals surface area contributed by atoms with Crippen molar-refractivity contribution in [2.45, 2.75) is 11.4 Å². The summed E-state index contributed by atoms with van der Waals surface area (Å²) in [4.78, 5) is 10.5. The van der Waals surface area contributed by atoms with Crippen molar-refractivity contribution in [2.24, 2.45) is 0 Å². The number of nitrogens with one attached hydrogen (secondary N) is 1. The van der Waals surface area contributed by atoms with E-state index in [0.29, 0.717) is 34.6 Å². The largest absolute Gasteiger partial charge is 0.383 e. The molecule has 2 heterocycles. The van der Waals surface area contributed by atoms with Gasteiger partial charge < -0.3 is 10.2 Å². The third-order valence-corrected chi connectivity index (χ3v) is 5.70. The molecule has 1 N–H and O–H groups in total. The summed E-state index contributed by atoms with van der Waals surface area (Å²) in [7, 11) is -1.55. The summed E-state index contributed by atoms with van der Waals surface area (Å²) in [5.41, 5.74) is 1.36. The van der Waals surface area contributed by atoms with Crippen LogP contribution in [0.5, 0.6) is 0 Å². The molecule has 8 heteroatoms. The summed E-state index contributed by atoms with van der Waals surface area (Å²) < 4.78 is 24.8. The minimum absolute atomic E-state index is 0.0365. The second-order valence-electron chi connectivity index (χ2n) is 4.96.